The maximum atomic E-state index is 3.35. The van der Waals surface area contributed by atoms with Gasteiger partial charge in [0.15, 0.2) is 0 Å². The largest absolute Gasteiger partial charge is 0.0622 e. The number of benzene rings is 4. The van der Waals surface area contributed by atoms with Crippen LogP contribution in [0.4, 0.5) is 0 Å². The van der Waals surface area contributed by atoms with Gasteiger partial charge < -0.3 is 0 Å². The van der Waals surface area contributed by atoms with E-state index in [4.69, 9.17) is 0 Å². The highest BCUT2D eigenvalue weighted by atomic mass is 14.0. The molecule has 4 aromatic carbocycles. The monoisotopic (exact) mass is 354 g/mol. The van der Waals surface area contributed by atoms with Crippen LogP contribution >= 0.6 is 0 Å². The zero-order chi connectivity index (χ0) is 19.0. The van der Waals surface area contributed by atoms with Gasteiger partial charge >= 0.3 is 0 Å². The van der Waals surface area contributed by atoms with E-state index in [2.05, 4.69) is 47.9 Å². The Bertz CT molecular complexity index is 1190. The van der Waals surface area contributed by atoms with Crippen LogP contribution in [0.25, 0.3) is 11.1 Å². The van der Waals surface area contributed by atoms with Crippen LogP contribution in [0.2, 0.25) is 0 Å². The topological polar surface area (TPSA) is 0 Å². The summed E-state index contributed by atoms with van der Waals surface area (Å²) in [5.41, 5.74) is 6.21. The SMILES string of the molecule is C(#Cc1ccccc1C#Cc1ccccc1-c1ccccc1)c1ccccc1. The lowest BCUT2D eigenvalue weighted by Crippen LogP contribution is -1.86. The average molecular weight is 354 g/mol. The van der Waals surface area contributed by atoms with Crippen molar-refractivity contribution >= 4 is 0 Å². The highest BCUT2D eigenvalue weighted by molar-refractivity contribution is 5.71. The molecule has 4 aromatic rings. The highest BCUT2D eigenvalue weighted by Gasteiger charge is 2.02. The maximum absolute atomic E-state index is 3.35. The molecule has 0 heteroatoms. The van der Waals surface area contributed by atoms with Crippen molar-refractivity contribution in [2.45, 2.75) is 0 Å². The molecule has 4 rings (SSSR count). The van der Waals surface area contributed by atoms with E-state index in [0.29, 0.717) is 0 Å². The molecule has 0 atom stereocenters. The maximum Gasteiger partial charge on any atom is 0.0405 e. The van der Waals surface area contributed by atoms with Gasteiger partial charge in [-0.15, -0.1) is 0 Å². The average Bonchev–Trinajstić information content (AvgIpc) is 2.78. The minimum atomic E-state index is 0.939. The molecular formula is C28H18. The summed E-state index contributed by atoms with van der Waals surface area (Å²) in [5.74, 6) is 13.2. The van der Waals surface area contributed by atoms with Crippen LogP contribution in [0.15, 0.2) is 109 Å². The first-order valence-corrected chi connectivity index (χ1v) is 9.23. The molecule has 0 fully saturated rings. The minimum absolute atomic E-state index is 0.939. The fourth-order valence-corrected chi connectivity index (χ4v) is 2.96. The van der Waals surface area contributed by atoms with Crippen LogP contribution in [-0.4, -0.2) is 0 Å². The van der Waals surface area contributed by atoms with Gasteiger partial charge in [-0.05, 0) is 41.5 Å². The molecule has 0 N–H and O–H groups in total. The molecule has 0 aliphatic heterocycles. The molecule has 28 heavy (non-hydrogen) atoms. The summed E-state index contributed by atoms with van der Waals surface area (Å²) >= 11 is 0. The van der Waals surface area contributed by atoms with Gasteiger partial charge in [0.25, 0.3) is 0 Å². The molecule has 0 saturated carbocycles. The summed E-state index contributed by atoms with van der Waals surface area (Å²) in [4.78, 5) is 0. The molecule has 0 aliphatic rings. The third kappa shape index (κ3) is 4.21. The summed E-state index contributed by atoms with van der Waals surface area (Å²) in [7, 11) is 0. The van der Waals surface area contributed by atoms with E-state index in [1.807, 2.05) is 84.9 Å². The van der Waals surface area contributed by atoms with Crippen LogP contribution in [0.1, 0.15) is 22.3 Å². The third-order valence-electron chi connectivity index (χ3n) is 4.39. The quantitative estimate of drug-likeness (QED) is 0.359. The predicted molar refractivity (Wildman–Crippen MR) is 117 cm³/mol. The second kappa shape index (κ2) is 8.59. The first kappa shape index (κ1) is 17.4. The Morgan fingerprint density at radius 1 is 0.357 bits per heavy atom. The number of rotatable bonds is 1. The van der Waals surface area contributed by atoms with E-state index in [0.717, 1.165) is 27.8 Å². The second-order valence-electron chi connectivity index (χ2n) is 6.32. The van der Waals surface area contributed by atoms with Gasteiger partial charge in [0.1, 0.15) is 0 Å². The summed E-state index contributed by atoms with van der Waals surface area (Å²) in [6.45, 7) is 0. The van der Waals surface area contributed by atoms with E-state index >= 15 is 0 Å². The standard InChI is InChI=1S/C28H18/c1-3-11-23(12-4-1)19-20-24-13-7-8-14-25(24)21-22-27-17-9-10-18-28(27)26-15-5-2-6-16-26/h1-18H. The van der Waals surface area contributed by atoms with Crippen molar-refractivity contribution < 1.29 is 0 Å². The Kier molecular flexibility index (Phi) is 5.34. The smallest absolute Gasteiger partial charge is 0.0405 e. The van der Waals surface area contributed by atoms with Crippen LogP contribution in [0.3, 0.4) is 0 Å². The van der Waals surface area contributed by atoms with E-state index < -0.39 is 0 Å². The Hall–Kier alpha value is -4.00. The molecule has 0 heterocycles. The summed E-state index contributed by atoms with van der Waals surface area (Å²) in [6, 6.07) is 36.6. The van der Waals surface area contributed by atoms with Gasteiger partial charge in [-0.25, -0.2) is 0 Å². The second-order valence-corrected chi connectivity index (χ2v) is 6.32. The van der Waals surface area contributed by atoms with Crippen LogP contribution in [-0.2, 0) is 0 Å². The molecule has 0 aliphatic carbocycles. The fraction of sp³-hybridized carbons (Fsp3) is 0. The molecule has 0 saturated heterocycles. The van der Waals surface area contributed by atoms with Crippen molar-refractivity contribution in [3.63, 3.8) is 0 Å². The van der Waals surface area contributed by atoms with Gasteiger partial charge in [-0.3, -0.25) is 0 Å². The molecule has 0 bridgehead atoms. The van der Waals surface area contributed by atoms with Gasteiger partial charge in [0, 0.05) is 22.3 Å². The van der Waals surface area contributed by atoms with Gasteiger partial charge in [0.05, 0.1) is 0 Å². The fourth-order valence-electron chi connectivity index (χ4n) is 2.96. The normalized spacial score (nSPS) is 9.57. The predicted octanol–water partition coefficient (Wildman–Crippen LogP) is 6.15. The minimum Gasteiger partial charge on any atom is -0.0622 e. The highest BCUT2D eigenvalue weighted by Crippen LogP contribution is 2.22. The Morgan fingerprint density at radius 2 is 0.821 bits per heavy atom. The summed E-state index contributed by atoms with van der Waals surface area (Å²) < 4.78 is 0. The van der Waals surface area contributed by atoms with E-state index in [9.17, 15) is 0 Å². The van der Waals surface area contributed by atoms with Crippen molar-refractivity contribution in [2.24, 2.45) is 0 Å². The van der Waals surface area contributed by atoms with Crippen molar-refractivity contribution in [3.8, 4) is 34.8 Å². The molecule has 0 unspecified atom stereocenters. The van der Waals surface area contributed by atoms with Crippen molar-refractivity contribution in [1.29, 1.82) is 0 Å². The van der Waals surface area contributed by atoms with Crippen molar-refractivity contribution in [1.82, 2.24) is 0 Å². The third-order valence-corrected chi connectivity index (χ3v) is 4.39. The van der Waals surface area contributed by atoms with Crippen LogP contribution < -0.4 is 0 Å². The lowest BCUT2D eigenvalue weighted by molar-refractivity contribution is 1.56. The van der Waals surface area contributed by atoms with E-state index in [1.165, 1.54) is 5.56 Å². The zero-order valence-electron chi connectivity index (χ0n) is 15.4. The Labute approximate surface area is 166 Å². The Morgan fingerprint density at radius 3 is 1.50 bits per heavy atom. The van der Waals surface area contributed by atoms with Crippen molar-refractivity contribution in [2.75, 3.05) is 0 Å². The first-order chi connectivity index (χ1) is 13.9. The van der Waals surface area contributed by atoms with Crippen LogP contribution in [0.5, 0.6) is 0 Å². The molecule has 0 radical (unpaired) electrons. The van der Waals surface area contributed by atoms with Gasteiger partial charge in [0.2, 0.25) is 0 Å². The molecule has 130 valence electrons. The summed E-state index contributed by atoms with van der Waals surface area (Å²) in [5, 5.41) is 0. The number of hydrogen-bond donors (Lipinski definition) is 0. The lowest BCUT2D eigenvalue weighted by atomic mass is 9.99. The molecule has 0 nitrogen and oxygen atoms in total. The Balaban J connectivity index is 1.70. The first-order valence-electron chi connectivity index (χ1n) is 9.23. The van der Waals surface area contributed by atoms with Crippen molar-refractivity contribution in [3.05, 3.63) is 131 Å². The molecular weight excluding hydrogens is 336 g/mol. The molecule has 0 amide bonds. The zero-order valence-corrected chi connectivity index (χ0v) is 15.4. The van der Waals surface area contributed by atoms with Crippen LogP contribution in [0, 0.1) is 23.7 Å². The lowest BCUT2D eigenvalue weighted by Gasteiger charge is -2.04. The van der Waals surface area contributed by atoms with Gasteiger partial charge in [-0.1, -0.05) is 103 Å². The number of hydrogen-bond acceptors (Lipinski definition) is 0. The van der Waals surface area contributed by atoms with E-state index in [1.54, 1.807) is 0 Å². The van der Waals surface area contributed by atoms with Gasteiger partial charge in [-0.2, -0.15) is 0 Å². The molecule has 0 spiro atoms. The summed E-state index contributed by atoms with van der Waals surface area (Å²) in [6.07, 6.45) is 0. The van der Waals surface area contributed by atoms with E-state index in [-0.39, 0.29) is 0 Å². The molecule has 0 aromatic heterocycles.